The topological polar surface area (TPSA) is 65.4 Å². The number of halogens is 1. The van der Waals surface area contributed by atoms with Crippen molar-refractivity contribution in [2.75, 3.05) is 6.54 Å². The number of hydrogen-bond acceptors (Lipinski definition) is 4. The van der Waals surface area contributed by atoms with Gasteiger partial charge in [-0.1, -0.05) is 112 Å². The third kappa shape index (κ3) is 7.45. The van der Waals surface area contributed by atoms with Gasteiger partial charge in [-0.25, -0.2) is 9.78 Å². The van der Waals surface area contributed by atoms with Crippen molar-refractivity contribution < 1.29 is 14.0 Å². The van der Waals surface area contributed by atoms with Crippen LogP contribution in [-0.4, -0.2) is 41.5 Å². The molecule has 0 aliphatic heterocycles. The van der Waals surface area contributed by atoms with E-state index in [0.29, 0.717) is 5.69 Å². The van der Waals surface area contributed by atoms with E-state index in [2.05, 4.69) is 117 Å². The number of ether oxygens (including phenoxy) is 1. The van der Waals surface area contributed by atoms with E-state index in [-0.39, 0.29) is 11.6 Å². The summed E-state index contributed by atoms with van der Waals surface area (Å²) in [5, 5.41) is 2.17. The minimum Gasteiger partial charge on any atom is -0.444 e. The molecule has 0 unspecified atom stereocenters. The summed E-state index contributed by atoms with van der Waals surface area (Å²) in [5.74, 6) is 0. The zero-order chi connectivity index (χ0) is 32.2. The normalized spacial score (nSPS) is 14.1. The van der Waals surface area contributed by atoms with Crippen LogP contribution in [0.1, 0.15) is 70.0 Å². The second kappa shape index (κ2) is 13.3. The maximum Gasteiger partial charge on any atom is 0.407 e. The molecule has 8 heteroatoms. The smallest absolute Gasteiger partial charge is 0.407 e. The van der Waals surface area contributed by atoms with Gasteiger partial charge in [0.05, 0.1) is 17.4 Å². The summed E-state index contributed by atoms with van der Waals surface area (Å²) >= 11 is 7.11. The number of hydrogen-bond donors (Lipinski definition) is 1. The first kappa shape index (κ1) is 33.5. The van der Waals surface area contributed by atoms with Crippen LogP contribution >= 0.6 is 11.6 Å². The van der Waals surface area contributed by atoms with E-state index in [9.17, 15) is 4.79 Å². The van der Waals surface area contributed by atoms with Crippen molar-refractivity contribution in [3.63, 3.8) is 0 Å². The monoisotopic (exact) mass is 631 g/mol. The van der Waals surface area contributed by atoms with E-state index in [1.54, 1.807) is 0 Å². The summed E-state index contributed by atoms with van der Waals surface area (Å²) in [5.41, 5.74) is 2.66. The molecule has 1 aromatic heterocycles. The maximum atomic E-state index is 12.5. The van der Waals surface area contributed by atoms with Crippen LogP contribution in [0.2, 0.25) is 18.1 Å². The quantitative estimate of drug-likeness (QED) is 0.108. The zero-order valence-electron chi connectivity index (χ0n) is 27.2. The third-order valence-electron chi connectivity index (χ3n) is 8.25. The number of benzene rings is 3. The largest absolute Gasteiger partial charge is 0.444 e. The van der Waals surface area contributed by atoms with Gasteiger partial charge in [0, 0.05) is 12.7 Å². The van der Waals surface area contributed by atoms with Crippen LogP contribution in [-0.2, 0) is 14.7 Å². The van der Waals surface area contributed by atoms with Crippen molar-refractivity contribution >= 4 is 26.0 Å². The number of nitrogens with one attached hydrogen (secondary N) is 1. The molecule has 3 aromatic carbocycles. The first-order chi connectivity index (χ1) is 20.6. The van der Waals surface area contributed by atoms with Crippen molar-refractivity contribution in [1.82, 2.24) is 14.9 Å². The first-order valence-corrected chi connectivity index (χ1v) is 18.5. The number of carbonyl (C=O) groups is 1. The molecule has 0 spiro atoms. The minimum absolute atomic E-state index is 0.0646. The van der Waals surface area contributed by atoms with E-state index >= 15 is 0 Å². The molecular weight excluding hydrogens is 586 g/mol. The molecule has 234 valence electrons. The molecule has 0 saturated heterocycles. The number of aromatic nitrogens is 2. The van der Waals surface area contributed by atoms with Crippen LogP contribution in [0.25, 0.3) is 0 Å². The summed E-state index contributed by atoms with van der Waals surface area (Å²) < 4.78 is 14.6. The van der Waals surface area contributed by atoms with Gasteiger partial charge in [-0.05, 0) is 55.6 Å². The van der Waals surface area contributed by atoms with Gasteiger partial charge in [0.2, 0.25) is 0 Å². The van der Waals surface area contributed by atoms with Crippen molar-refractivity contribution in [2.24, 2.45) is 0 Å². The lowest BCUT2D eigenvalue weighted by atomic mass is 9.77. The van der Waals surface area contributed by atoms with Gasteiger partial charge in [-0.2, -0.15) is 0 Å². The summed E-state index contributed by atoms with van der Waals surface area (Å²) in [4.78, 5) is 17.5. The van der Waals surface area contributed by atoms with Gasteiger partial charge in [0.25, 0.3) is 0 Å². The standard InChI is InChI=1S/C36H46ClN3O3Si/c1-34(2,3)42-33(41)38-24-30(37)32(43-44(7,8)35(4,5)6)31-25-40(26-39-31)36(27-18-12-9-13-19-27,28-20-14-10-15-21-28)29-22-16-11-17-23-29/h9-23,25-26,30,32H,24H2,1-8H3,(H,38,41)/t30-,32-/m1/s1. The highest BCUT2D eigenvalue weighted by atomic mass is 35.5. The summed E-state index contributed by atoms with van der Waals surface area (Å²) in [7, 11) is -2.31. The molecule has 44 heavy (non-hydrogen) atoms. The van der Waals surface area contributed by atoms with Gasteiger partial charge in [-0.3, -0.25) is 0 Å². The van der Waals surface area contributed by atoms with Crippen LogP contribution in [0, 0.1) is 0 Å². The molecule has 1 heterocycles. The third-order valence-corrected chi connectivity index (χ3v) is 13.1. The number of carbonyl (C=O) groups excluding carboxylic acids is 1. The van der Waals surface area contributed by atoms with E-state index in [4.69, 9.17) is 25.7 Å². The number of imidazole rings is 1. The summed E-state index contributed by atoms with van der Waals surface area (Å²) in [6.45, 7) is 16.6. The van der Waals surface area contributed by atoms with E-state index in [1.807, 2.05) is 51.5 Å². The average Bonchev–Trinajstić information content (AvgIpc) is 3.45. The molecule has 0 aliphatic carbocycles. The highest BCUT2D eigenvalue weighted by Crippen LogP contribution is 2.44. The van der Waals surface area contributed by atoms with Crippen LogP contribution in [0.15, 0.2) is 104 Å². The predicted octanol–water partition coefficient (Wildman–Crippen LogP) is 8.92. The molecule has 4 rings (SSSR count). The Morgan fingerprint density at radius 3 is 1.70 bits per heavy atom. The number of amides is 1. The Bertz CT molecular complexity index is 1400. The number of alkyl carbamates (subject to hydrolysis) is 1. The number of nitrogens with zero attached hydrogens (tertiary/aromatic N) is 2. The van der Waals surface area contributed by atoms with Crippen LogP contribution in [0.5, 0.6) is 0 Å². The lowest BCUT2D eigenvalue weighted by Crippen LogP contribution is -2.45. The molecule has 0 radical (unpaired) electrons. The Labute approximate surface area is 268 Å². The Hall–Kier alpha value is -3.39. The van der Waals surface area contributed by atoms with Crippen molar-refractivity contribution in [2.45, 2.75) is 82.3 Å². The molecule has 1 amide bonds. The van der Waals surface area contributed by atoms with Gasteiger partial charge < -0.3 is 19.0 Å². The van der Waals surface area contributed by atoms with Crippen molar-refractivity contribution in [3.8, 4) is 0 Å². The molecule has 0 fully saturated rings. The highest BCUT2D eigenvalue weighted by Gasteiger charge is 2.43. The Balaban J connectivity index is 1.84. The first-order valence-electron chi connectivity index (χ1n) is 15.1. The van der Waals surface area contributed by atoms with Gasteiger partial charge >= 0.3 is 6.09 Å². The average molecular weight is 632 g/mol. The molecule has 6 nitrogen and oxygen atoms in total. The SMILES string of the molecule is CC(C)(C)OC(=O)NC[C@@H](Cl)[C@@H](O[Si](C)(C)C(C)(C)C)c1cn(C(c2ccccc2)(c2ccccc2)c2ccccc2)cn1. The summed E-state index contributed by atoms with van der Waals surface area (Å²) in [6.07, 6.45) is 2.83. The molecule has 1 N–H and O–H groups in total. The number of alkyl halides is 1. The Kier molecular flexibility index (Phi) is 10.1. The van der Waals surface area contributed by atoms with Crippen molar-refractivity contribution in [1.29, 1.82) is 0 Å². The van der Waals surface area contributed by atoms with Gasteiger partial charge in [-0.15, -0.1) is 11.6 Å². The molecule has 0 saturated carbocycles. The lowest BCUT2D eigenvalue weighted by Gasteiger charge is -2.40. The highest BCUT2D eigenvalue weighted by molar-refractivity contribution is 6.74. The number of rotatable bonds is 10. The zero-order valence-corrected chi connectivity index (χ0v) is 28.9. The van der Waals surface area contributed by atoms with Crippen LogP contribution < -0.4 is 5.32 Å². The fourth-order valence-corrected chi connectivity index (χ4v) is 6.69. The molecular formula is C36H46ClN3O3Si. The van der Waals surface area contributed by atoms with Gasteiger partial charge in [0.1, 0.15) is 17.2 Å². The lowest BCUT2D eigenvalue weighted by molar-refractivity contribution is 0.0520. The maximum absolute atomic E-state index is 12.5. The predicted molar refractivity (Wildman–Crippen MR) is 182 cm³/mol. The van der Waals surface area contributed by atoms with E-state index in [0.717, 1.165) is 16.7 Å². The van der Waals surface area contributed by atoms with Gasteiger partial charge in [0.15, 0.2) is 8.32 Å². The molecule has 4 aromatic rings. The van der Waals surface area contributed by atoms with Crippen LogP contribution in [0.4, 0.5) is 4.79 Å². The van der Waals surface area contributed by atoms with E-state index in [1.165, 1.54) is 0 Å². The Morgan fingerprint density at radius 1 is 0.841 bits per heavy atom. The molecule has 2 atom stereocenters. The fourth-order valence-electron chi connectivity index (χ4n) is 5.07. The Morgan fingerprint density at radius 2 is 1.30 bits per heavy atom. The molecule has 0 aliphatic rings. The van der Waals surface area contributed by atoms with E-state index < -0.39 is 37.0 Å². The summed E-state index contributed by atoms with van der Waals surface area (Å²) in [6, 6.07) is 31.4. The second-order valence-electron chi connectivity index (χ2n) is 13.7. The molecule has 0 bridgehead atoms. The second-order valence-corrected chi connectivity index (χ2v) is 19.0. The van der Waals surface area contributed by atoms with Crippen LogP contribution in [0.3, 0.4) is 0 Å². The minimum atomic E-state index is -2.31. The van der Waals surface area contributed by atoms with Crippen molar-refractivity contribution in [3.05, 3.63) is 126 Å². The fraction of sp³-hybridized carbons (Fsp3) is 0.389.